The molecule has 3 aliphatic heterocycles. The number of carbonyl (C=O) groups is 1. The maximum atomic E-state index is 12.7. The highest BCUT2D eigenvalue weighted by molar-refractivity contribution is 5.79. The van der Waals surface area contributed by atoms with Gasteiger partial charge in [-0.25, -0.2) is 0 Å². The van der Waals surface area contributed by atoms with Crippen molar-refractivity contribution in [3.63, 3.8) is 0 Å². The van der Waals surface area contributed by atoms with E-state index in [1.165, 1.54) is 37.3 Å². The van der Waals surface area contributed by atoms with Crippen LogP contribution in [0.1, 0.15) is 32.6 Å². The van der Waals surface area contributed by atoms with Gasteiger partial charge in [0.2, 0.25) is 5.91 Å². The van der Waals surface area contributed by atoms with Gasteiger partial charge in [0.15, 0.2) is 0 Å². The van der Waals surface area contributed by atoms with E-state index in [0.717, 1.165) is 58.2 Å². The Morgan fingerprint density at radius 3 is 1.89 bits per heavy atom. The van der Waals surface area contributed by atoms with Crippen LogP contribution in [-0.2, 0) is 9.53 Å². The van der Waals surface area contributed by atoms with Crippen molar-refractivity contribution in [2.75, 3.05) is 62.3 Å². The predicted molar refractivity (Wildman–Crippen MR) is 109 cm³/mol. The number of rotatable bonds is 3. The van der Waals surface area contributed by atoms with E-state index in [9.17, 15) is 4.79 Å². The van der Waals surface area contributed by atoms with Gasteiger partial charge in [-0.15, -0.1) is 0 Å². The summed E-state index contributed by atoms with van der Waals surface area (Å²) in [5.74, 6) is 1.38. The second-order valence-corrected chi connectivity index (χ2v) is 8.38. The lowest BCUT2D eigenvalue weighted by molar-refractivity contribution is -0.138. The number of hydrogen-bond donors (Lipinski definition) is 0. The Morgan fingerprint density at radius 1 is 0.815 bits per heavy atom. The summed E-state index contributed by atoms with van der Waals surface area (Å²) in [6, 6.07) is 9.04. The van der Waals surface area contributed by atoms with E-state index < -0.39 is 0 Å². The Balaban J connectivity index is 1.29. The van der Waals surface area contributed by atoms with Gasteiger partial charge < -0.3 is 19.4 Å². The zero-order valence-corrected chi connectivity index (χ0v) is 16.6. The van der Waals surface area contributed by atoms with Crippen molar-refractivity contribution in [2.24, 2.45) is 11.8 Å². The SMILES string of the molecule is CC1CCN(c2ccc(N3CCN(C(=O)C4CCOCC4)CC3)cc2)CC1. The van der Waals surface area contributed by atoms with Crippen molar-refractivity contribution in [1.29, 1.82) is 0 Å². The first-order valence-electron chi connectivity index (χ1n) is 10.7. The molecular formula is C22H33N3O2. The minimum absolute atomic E-state index is 0.178. The van der Waals surface area contributed by atoms with E-state index >= 15 is 0 Å². The third kappa shape index (κ3) is 4.40. The second-order valence-electron chi connectivity index (χ2n) is 8.38. The summed E-state index contributed by atoms with van der Waals surface area (Å²) in [5.41, 5.74) is 2.63. The molecule has 0 aliphatic carbocycles. The number of piperidine rings is 1. The third-order valence-corrected chi connectivity index (χ3v) is 6.53. The van der Waals surface area contributed by atoms with Gasteiger partial charge in [0.25, 0.3) is 0 Å². The third-order valence-electron chi connectivity index (χ3n) is 6.53. The number of hydrogen-bond acceptors (Lipinski definition) is 4. The summed E-state index contributed by atoms with van der Waals surface area (Å²) in [5, 5.41) is 0. The van der Waals surface area contributed by atoms with Crippen molar-refractivity contribution in [3.05, 3.63) is 24.3 Å². The summed E-state index contributed by atoms with van der Waals surface area (Å²) in [7, 11) is 0. The fraction of sp³-hybridized carbons (Fsp3) is 0.682. The monoisotopic (exact) mass is 371 g/mol. The molecular weight excluding hydrogens is 338 g/mol. The molecule has 0 saturated carbocycles. The molecule has 1 amide bonds. The first kappa shape index (κ1) is 18.6. The molecule has 0 bridgehead atoms. The van der Waals surface area contributed by atoms with Crippen LogP contribution in [0.25, 0.3) is 0 Å². The molecule has 3 heterocycles. The lowest BCUT2D eigenvalue weighted by Gasteiger charge is -2.38. The highest BCUT2D eigenvalue weighted by atomic mass is 16.5. The highest BCUT2D eigenvalue weighted by Gasteiger charge is 2.28. The van der Waals surface area contributed by atoms with E-state index in [0.29, 0.717) is 5.91 Å². The average Bonchev–Trinajstić information content (AvgIpc) is 2.75. The van der Waals surface area contributed by atoms with E-state index in [1.54, 1.807) is 0 Å². The second kappa shape index (κ2) is 8.51. The first-order valence-corrected chi connectivity index (χ1v) is 10.7. The normalized spacial score (nSPS) is 22.9. The van der Waals surface area contributed by atoms with Crippen LogP contribution in [0.15, 0.2) is 24.3 Å². The fourth-order valence-electron chi connectivity index (χ4n) is 4.53. The molecule has 1 aromatic carbocycles. The Hall–Kier alpha value is -1.75. The lowest BCUT2D eigenvalue weighted by Crippen LogP contribution is -2.51. The van der Waals surface area contributed by atoms with Gasteiger partial charge in [0.05, 0.1) is 0 Å². The fourth-order valence-corrected chi connectivity index (χ4v) is 4.53. The van der Waals surface area contributed by atoms with Crippen LogP contribution < -0.4 is 9.80 Å². The number of amides is 1. The van der Waals surface area contributed by atoms with Crippen LogP contribution in [0.2, 0.25) is 0 Å². The summed E-state index contributed by atoms with van der Waals surface area (Å²) >= 11 is 0. The topological polar surface area (TPSA) is 36.0 Å². The number of benzene rings is 1. The Morgan fingerprint density at radius 2 is 1.33 bits per heavy atom. The van der Waals surface area contributed by atoms with Crippen LogP contribution >= 0.6 is 0 Å². The molecule has 1 aromatic rings. The van der Waals surface area contributed by atoms with Crippen molar-refractivity contribution < 1.29 is 9.53 Å². The van der Waals surface area contributed by atoms with Gasteiger partial charge in [-0.3, -0.25) is 4.79 Å². The highest BCUT2D eigenvalue weighted by Crippen LogP contribution is 2.26. The summed E-state index contributed by atoms with van der Waals surface area (Å²) in [6.07, 6.45) is 4.36. The predicted octanol–water partition coefficient (Wildman–Crippen LogP) is 3.00. The molecule has 3 saturated heterocycles. The Kier molecular flexibility index (Phi) is 5.86. The van der Waals surface area contributed by atoms with Gasteiger partial charge in [-0.2, -0.15) is 0 Å². The lowest BCUT2D eigenvalue weighted by atomic mass is 9.98. The molecule has 0 spiro atoms. The molecule has 5 heteroatoms. The Labute approximate surface area is 163 Å². The first-order chi connectivity index (χ1) is 13.2. The summed E-state index contributed by atoms with van der Waals surface area (Å²) in [6.45, 7) is 9.69. The van der Waals surface area contributed by atoms with Gasteiger partial charge in [0.1, 0.15) is 0 Å². The summed E-state index contributed by atoms with van der Waals surface area (Å²) in [4.78, 5) is 19.7. The molecule has 3 aliphatic rings. The Bertz CT molecular complexity index is 611. The molecule has 0 radical (unpaired) electrons. The van der Waals surface area contributed by atoms with Crippen LogP contribution in [-0.4, -0.2) is 63.3 Å². The minimum atomic E-state index is 0.178. The van der Waals surface area contributed by atoms with Crippen molar-refractivity contribution >= 4 is 17.3 Å². The molecule has 0 aromatic heterocycles. The molecule has 3 fully saturated rings. The van der Waals surface area contributed by atoms with E-state index in [-0.39, 0.29) is 5.92 Å². The molecule has 148 valence electrons. The molecule has 0 unspecified atom stereocenters. The molecule has 27 heavy (non-hydrogen) atoms. The van der Waals surface area contributed by atoms with Gasteiger partial charge in [0, 0.05) is 69.8 Å². The number of anilines is 2. The van der Waals surface area contributed by atoms with Gasteiger partial charge in [-0.05, 0) is 55.9 Å². The van der Waals surface area contributed by atoms with E-state index in [4.69, 9.17) is 4.74 Å². The maximum Gasteiger partial charge on any atom is 0.225 e. The van der Waals surface area contributed by atoms with Crippen LogP contribution in [0.4, 0.5) is 11.4 Å². The molecule has 0 atom stereocenters. The quantitative estimate of drug-likeness (QED) is 0.818. The van der Waals surface area contributed by atoms with Crippen LogP contribution in [0, 0.1) is 11.8 Å². The van der Waals surface area contributed by atoms with Gasteiger partial charge >= 0.3 is 0 Å². The zero-order chi connectivity index (χ0) is 18.6. The maximum absolute atomic E-state index is 12.7. The van der Waals surface area contributed by atoms with Crippen molar-refractivity contribution in [1.82, 2.24) is 4.90 Å². The molecule has 5 nitrogen and oxygen atoms in total. The standard InChI is InChI=1S/C22H33N3O2/c1-18-6-10-23(11-7-18)20-2-4-21(5-3-20)24-12-14-25(15-13-24)22(26)19-8-16-27-17-9-19/h2-5,18-19H,6-17H2,1H3. The molecule has 0 N–H and O–H groups in total. The zero-order valence-electron chi connectivity index (χ0n) is 16.6. The minimum Gasteiger partial charge on any atom is -0.381 e. The van der Waals surface area contributed by atoms with Crippen molar-refractivity contribution in [2.45, 2.75) is 32.6 Å². The van der Waals surface area contributed by atoms with Crippen LogP contribution in [0.5, 0.6) is 0 Å². The van der Waals surface area contributed by atoms with Crippen molar-refractivity contribution in [3.8, 4) is 0 Å². The van der Waals surface area contributed by atoms with Gasteiger partial charge in [-0.1, -0.05) is 6.92 Å². The summed E-state index contributed by atoms with van der Waals surface area (Å²) < 4.78 is 5.39. The number of piperazine rings is 1. The smallest absolute Gasteiger partial charge is 0.225 e. The number of carbonyl (C=O) groups excluding carboxylic acids is 1. The number of ether oxygens (including phenoxy) is 1. The van der Waals surface area contributed by atoms with E-state index in [2.05, 4.69) is 45.9 Å². The number of nitrogens with zero attached hydrogens (tertiary/aromatic N) is 3. The largest absolute Gasteiger partial charge is 0.381 e. The van der Waals surface area contributed by atoms with E-state index in [1.807, 2.05) is 0 Å². The van der Waals surface area contributed by atoms with Crippen LogP contribution in [0.3, 0.4) is 0 Å². The molecule has 4 rings (SSSR count). The average molecular weight is 372 g/mol.